The molecule has 1 atom stereocenters. The van der Waals surface area contributed by atoms with Crippen molar-refractivity contribution in [1.82, 2.24) is 15.5 Å². The van der Waals surface area contributed by atoms with Gasteiger partial charge in [0.1, 0.15) is 0 Å². The quantitative estimate of drug-likeness (QED) is 0.846. The molecule has 6 heteroatoms. The van der Waals surface area contributed by atoms with Gasteiger partial charge in [-0.15, -0.1) is 0 Å². The number of hydrogen-bond donors (Lipinski definition) is 2. The lowest BCUT2D eigenvalue weighted by atomic mass is 10.1. The van der Waals surface area contributed by atoms with Crippen LogP contribution < -0.4 is 10.6 Å². The molecule has 1 aromatic heterocycles. The second-order valence-electron chi connectivity index (χ2n) is 5.96. The highest BCUT2D eigenvalue weighted by Crippen LogP contribution is 2.09. The van der Waals surface area contributed by atoms with Crippen molar-refractivity contribution in [3.8, 4) is 0 Å². The molecule has 2 rings (SSSR count). The molecule has 0 aliphatic heterocycles. The summed E-state index contributed by atoms with van der Waals surface area (Å²) in [5.74, 6) is -0.0329. The van der Waals surface area contributed by atoms with Crippen LogP contribution in [-0.4, -0.2) is 37.0 Å². The van der Waals surface area contributed by atoms with E-state index in [1.54, 1.807) is 37.6 Å². The molecule has 1 heterocycles. The molecule has 2 N–H and O–H groups in total. The van der Waals surface area contributed by atoms with Gasteiger partial charge in [0.05, 0.1) is 0 Å². The molecule has 5 nitrogen and oxygen atoms in total. The van der Waals surface area contributed by atoms with E-state index in [2.05, 4.69) is 22.1 Å². The number of carbonyl (C=O) groups excluding carboxylic acids is 2. The molecule has 0 saturated carbocycles. The zero-order valence-corrected chi connectivity index (χ0v) is 15.0. The predicted octanol–water partition coefficient (Wildman–Crippen LogP) is 2.88. The Morgan fingerprint density at radius 2 is 1.83 bits per heavy atom. The number of rotatable bonds is 6. The molecular weight excluding hydrogens is 322 g/mol. The second kappa shape index (κ2) is 8.49. The van der Waals surface area contributed by atoms with Crippen LogP contribution in [0.1, 0.15) is 28.4 Å². The summed E-state index contributed by atoms with van der Waals surface area (Å²) in [5, 5.41) is 9.89. The fourth-order valence-electron chi connectivity index (χ4n) is 2.29. The molecule has 0 aliphatic rings. The fourth-order valence-corrected chi connectivity index (χ4v) is 2.98. The Balaban J connectivity index is 1.78. The molecule has 0 fully saturated rings. The number of nitrogens with one attached hydrogen (secondary N) is 2. The molecule has 0 spiro atoms. The van der Waals surface area contributed by atoms with Crippen LogP contribution in [0.25, 0.3) is 0 Å². The highest BCUT2D eigenvalue weighted by atomic mass is 32.1. The summed E-state index contributed by atoms with van der Waals surface area (Å²) in [5.41, 5.74) is 2.82. The third kappa shape index (κ3) is 5.38. The van der Waals surface area contributed by atoms with Gasteiger partial charge in [-0.25, -0.2) is 4.79 Å². The van der Waals surface area contributed by atoms with E-state index in [1.807, 2.05) is 24.4 Å². The van der Waals surface area contributed by atoms with Crippen LogP contribution in [0.4, 0.5) is 4.79 Å². The molecule has 2 aromatic rings. The van der Waals surface area contributed by atoms with Gasteiger partial charge in [0.25, 0.3) is 5.91 Å². The first kappa shape index (κ1) is 18.0. The molecule has 0 unspecified atom stereocenters. The molecule has 0 aliphatic carbocycles. The fraction of sp³-hybridized carbons (Fsp3) is 0.333. The number of thiophene rings is 1. The van der Waals surface area contributed by atoms with Gasteiger partial charge < -0.3 is 15.5 Å². The molecule has 128 valence electrons. The molecule has 3 amide bonds. The lowest BCUT2D eigenvalue weighted by Crippen LogP contribution is -2.41. The molecule has 0 radical (unpaired) electrons. The maximum absolute atomic E-state index is 11.9. The van der Waals surface area contributed by atoms with Crippen LogP contribution in [0.3, 0.4) is 0 Å². The first-order valence-corrected chi connectivity index (χ1v) is 8.76. The van der Waals surface area contributed by atoms with E-state index in [9.17, 15) is 9.59 Å². The molecule has 0 bridgehead atoms. The summed E-state index contributed by atoms with van der Waals surface area (Å²) in [6, 6.07) is 9.20. The molecule has 1 aromatic carbocycles. The number of benzene rings is 1. The van der Waals surface area contributed by atoms with Crippen molar-refractivity contribution in [3.05, 3.63) is 57.8 Å². The van der Waals surface area contributed by atoms with Crippen molar-refractivity contribution in [2.75, 3.05) is 14.1 Å². The summed E-state index contributed by atoms with van der Waals surface area (Å²) < 4.78 is 0. The van der Waals surface area contributed by atoms with Gasteiger partial charge in [-0.05, 0) is 53.4 Å². The van der Waals surface area contributed by atoms with E-state index in [0.29, 0.717) is 12.1 Å². The van der Waals surface area contributed by atoms with E-state index in [-0.39, 0.29) is 18.0 Å². The summed E-state index contributed by atoms with van der Waals surface area (Å²) in [6.45, 7) is 2.41. The van der Waals surface area contributed by atoms with Crippen molar-refractivity contribution >= 4 is 23.3 Å². The van der Waals surface area contributed by atoms with Crippen molar-refractivity contribution in [3.63, 3.8) is 0 Å². The van der Waals surface area contributed by atoms with E-state index in [4.69, 9.17) is 0 Å². The normalized spacial score (nSPS) is 11.6. The van der Waals surface area contributed by atoms with Gasteiger partial charge in [-0.3, -0.25) is 4.79 Å². The maximum Gasteiger partial charge on any atom is 0.315 e. The smallest absolute Gasteiger partial charge is 0.315 e. The van der Waals surface area contributed by atoms with Crippen LogP contribution in [0, 0.1) is 0 Å². The van der Waals surface area contributed by atoms with Crippen molar-refractivity contribution < 1.29 is 9.59 Å². The Morgan fingerprint density at radius 1 is 1.12 bits per heavy atom. The highest BCUT2D eigenvalue weighted by molar-refractivity contribution is 7.07. The first-order chi connectivity index (χ1) is 11.5. The monoisotopic (exact) mass is 345 g/mol. The van der Waals surface area contributed by atoms with Crippen LogP contribution in [0.2, 0.25) is 0 Å². The van der Waals surface area contributed by atoms with Crippen LogP contribution in [-0.2, 0) is 13.0 Å². The SMILES string of the molecule is C[C@H](Cc1ccsc1)NC(=O)NCc1ccc(C(=O)N(C)C)cc1. The molecule has 0 saturated heterocycles. The Bertz CT molecular complexity index is 666. The maximum atomic E-state index is 11.9. The third-order valence-corrected chi connectivity index (χ3v) is 4.29. The molecular formula is C18H23N3O2S. The van der Waals surface area contributed by atoms with Gasteiger partial charge in [-0.2, -0.15) is 11.3 Å². The average Bonchev–Trinajstić information content (AvgIpc) is 3.05. The van der Waals surface area contributed by atoms with Gasteiger partial charge >= 0.3 is 6.03 Å². The van der Waals surface area contributed by atoms with E-state index < -0.39 is 0 Å². The number of hydrogen-bond acceptors (Lipinski definition) is 3. The lowest BCUT2D eigenvalue weighted by molar-refractivity contribution is 0.0827. The van der Waals surface area contributed by atoms with E-state index in [0.717, 1.165) is 12.0 Å². The van der Waals surface area contributed by atoms with Crippen molar-refractivity contribution in [1.29, 1.82) is 0 Å². The minimum absolute atomic E-state index is 0.0329. The van der Waals surface area contributed by atoms with E-state index >= 15 is 0 Å². The number of carbonyl (C=O) groups is 2. The topological polar surface area (TPSA) is 61.4 Å². The van der Waals surface area contributed by atoms with Gasteiger partial charge in [-0.1, -0.05) is 12.1 Å². The average molecular weight is 345 g/mol. The third-order valence-electron chi connectivity index (χ3n) is 3.56. The Hall–Kier alpha value is -2.34. The zero-order chi connectivity index (χ0) is 17.5. The largest absolute Gasteiger partial charge is 0.345 e. The van der Waals surface area contributed by atoms with Crippen LogP contribution >= 0.6 is 11.3 Å². The standard InChI is InChI=1S/C18H23N3O2S/c1-13(10-15-8-9-24-12-15)20-18(23)19-11-14-4-6-16(7-5-14)17(22)21(2)3/h4-9,12-13H,10-11H2,1-3H3,(H2,19,20,23)/t13-/m1/s1. The van der Waals surface area contributed by atoms with E-state index in [1.165, 1.54) is 10.5 Å². The first-order valence-electron chi connectivity index (χ1n) is 7.81. The number of urea groups is 1. The second-order valence-corrected chi connectivity index (χ2v) is 6.74. The van der Waals surface area contributed by atoms with Crippen LogP contribution in [0.5, 0.6) is 0 Å². The van der Waals surface area contributed by atoms with Gasteiger partial charge in [0.2, 0.25) is 0 Å². The van der Waals surface area contributed by atoms with Crippen molar-refractivity contribution in [2.24, 2.45) is 0 Å². The Labute approximate surface area is 146 Å². The predicted molar refractivity (Wildman–Crippen MR) is 97.3 cm³/mol. The molecule has 24 heavy (non-hydrogen) atoms. The minimum atomic E-state index is -0.189. The van der Waals surface area contributed by atoms with Gasteiger partial charge in [0.15, 0.2) is 0 Å². The van der Waals surface area contributed by atoms with Gasteiger partial charge in [0, 0.05) is 32.2 Å². The summed E-state index contributed by atoms with van der Waals surface area (Å²) in [6.07, 6.45) is 0.818. The number of nitrogens with zero attached hydrogens (tertiary/aromatic N) is 1. The highest BCUT2D eigenvalue weighted by Gasteiger charge is 2.09. The van der Waals surface area contributed by atoms with Crippen LogP contribution in [0.15, 0.2) is 41.1 Å². The summed E-state index contributed by atoms with van der Waals surface area (Å²) in [7, 11) is 3.44. The Morgan fingerprint density at radius 3 is 2.42 bits per heavy atom. The summed E-state index contributed by atoms with van der Waals surface area (Å²) in [4.78, 5) is 25.3. The summed E-state index contributed by atoms with van der Waals surface area (Å²) >= 11 is 1.66. The zero-order valence-electron chi connectivity index (χ0n) is 14.2. The lowest BCUT2D eigenvalue weighted by Gasteiger charge is -2.14. The Kier molecular flexibility index (Phi) is 6.37. The van der Waals surface area contributed by atoms with Crippen molar-refractivity contribution in [2.45, 2.75) is 25.9 Å². The number of amides is 3. The minimum Gasteiger partial charge on any atom is -0.345 e.